The van der Waals surface area contributed by atoms with Crippen molar-refractivity contribution in [3.05, 3.63) is 335 Å². The van der Waals surface area contributed by atoms with E-state index in [2.05, 4.69) is 54.5 Å². The van der Waals surface area contributed by atoms with Gasteiger partial charge >= 0.3 is 65.7 Å². The minimum absolute atomic E-state index is 0.00225. The molecule has 4 saturated carbocycles. The Labute approximate surface area is 824 Å². The number of carbonyl (C=O) groups is 12. The number of esters is 11. The average Bonchev–Trinajstić information content (AvgIpc) is 0.671. The number of rotatable bonds is 29. The molecule has 0 N–H and O–H groups in total. The lowest BCUT2D eigenvalue weighted by atomic mass is 9.33. The van der Waals surface area contributed by atoms with Crippen molar-refractivity contribution in [2.24, 2.45) is 56.2 Å². The SMILES string of the molecule is CC(=O)CCC(=O)O[C@H]1[C@H]([C@H]2CC[C@]3(C)[C@H]4CC=C5[C@@H]6CC(C)(C)CC[C@]6(C(=O)O[C@@H]6O[C@H](CO[C@@H]7O[C@H](COC(=O)c8ccccc8)[C@@H](OC(=O)c8ccccc8)[C@H](OC(=O)c8ccccc8)[C@H]7OC(=O)c7ccccc7)[C@@H](OC(=O)c7ccccc7)[C@H](OC(=O)c7ccccc7)[C@H]6OC(=O)c6ccccc6)CC[C@@]5(C)[C@]4(C)CC[C@H]3C2(C)C)OC[C@@H](OC(=O)c2ccccc2)[C@@H]1OC(=O)c1ccccc1. The van der Waals surface area contributed by atoms with Gasteiger partial charge in [0.05, 0.1) is 75.1 Å². The number of ether oxygens (including phenoxy) is 15. The zero-order valence-corrected chi connectivity index (χ0v) is 80.6. The van der Waals surface area contributed by atoms with Crippen LogP contribution in [0.5, 0.6) is 0 Å². The first-order valence-corrected chi connectivity index (χ1v) is 48.8. The van der Waals surface area contributed by atoms with E-state index in [9.17, 15) is 33.6 Å². The molecule has 9 aromatic rings. The van der Waals surface area contributed by atoms with Crippen LogP contribution in [0.3, 0.4) is 0 Å². The van der Waals surface area contributed by atoms with Gasteiger partial charge in [-0.1, -0.05) is 224 Å². The Morgan fingerprint density at radius 3 is 1.15 bits per heavy atom. The Bertz CT molecular complexity index is 6070. The lowest BCUT2D eigenvalue weighted by Gasteiger charge is -2.71. The molecule has 0 aromatic heterocycles. The van der Waals surface area contributed by atoms with Gasteiger partial charge < -0.3 is 75.8 Å². The lowest BCUT2D eigenvalue weighted by Crippen LogP contribution is -2.67. The van der Waals surface area contributed by atoms with E-state index in [0.717, 1.165) is 18.4 Å². The molecule has 7 fully saturated rings. The molecular formula is C115H118O27. The number of allylic oxidation sites excluding steroid dienone is 2. The molecule has 0 radical (unpaired) electrons. The number of hydrogen-bond donors (Lipinski definition) is 0. The Morgan fingerprint density at radius 2 is 0.718 bits per heavy atom. The highest BCUT2D eigenvalue weighted by Gasteiger charge is 2.72. The summed E-state index contributed by atoms with van der Waals surface area (Å²) in [5.41, 5.74) is -1.95. The second kappa shape index (κ2) is 42.7. The van der Waals surface area contributed by atoms with Gasteiger partial charge in [0.1, 0.15) is 30.7 Å². The summed E-state index contributed by atoms with van der Waals surface area (Å²) in [5, 5.41) is 0. The fourth-order valence-electron chi connectivity index (χ4n) is 23.7. The van der Waals surface area contributed by atoms with E-state index in [0.29, 0.717) is 51.4 Å². The highest BCUT2D eigenvalue weighted by Crippen LogP contribution is 2.77. The molecule has 3 saturated heterocycles. The van der Waals surface area contributed by atoms with Crippen molar-refractivity contribution in [1.29, 1.82) is 0 Å². The number of Topliss-reactive ketones (excluding diaryl/α,β-unsaturated/α-hetero) is 1. The Kier molecular flexibility index (Phi) is 30.0. The standard InChI is InChI=1S/C115H118O27/c1-70(116)54-57-88(117)134-93-89(128-67-83(131-99(119)72-38-20-10-21-39-72)90(93)135-100(120)73-40-22-11-23-41-73)81-58-60-112(6)86(111(81,4)5)59-61-114(8)87(112)56-55-80-82-66-110(2,3)62-64-115(82,65-63-113(80,114)7)109(127)142-108-97(141-106(126)79-52-34-17-35-53-79)95(139-104(124)77-48-30-15-31-49-77)92(137-102(122)75-44-26-13-27-45-75)85(133-108)69-130-107-96(140-105(125)78-50-32-16-33-51-78)94(138-103(123)76-46-28-14-29-47-76)91(136-101(121)74-42-24-12-25-43-74)84(132-107)68-129-98(118)71-36-18-9-19-37-71/h9-53,55,81-87,89-97,107-108H,54,56-69H2,1-8H3/t81-,82+,83-,84-,85-,86+,87-,89+,90+,91-,92-,93+,94+,95+,96-,97-,107-,108+,112+,113-,114-,115+/m1/s1. The molecule has 0 spiro atoms. The molecule has 5 aliphatic carbocycles. The van der Waals surface area contributed by atoms with Crippen molar-refractivity contribution in [2.75, 3.05) is 19.8 Å². The molecular weight excluding hydrogens is 1810 g/mol. The van der Waals surface area contributed by atoms with Crippen molar-refractivity contribution in [3.63, 3.8) is 0 Å². The van der Waals surface area contributed by atoms with Crippen LogP contribution < -0.4 is 0 Å². The van der Waals surface area contributed by atoms with Crippen LogP contribution in [0, 0.1) is 56.2 Å². The van der Waals surface area contributed by atoms with Crippen LogP contribution in [-0.4, -0.2) is 177 Å². The van der Waals surface area contributed by atoms with Gasteiger partial charge in [0.2, 0.25) is 12.4 Å². The highest BCUT2D eigenvalue weighted by molar-refractivity contribution is 5.95. The lowest BCUT2D eigenvalue weighted by molar-refractivity contribution is -0.325. The van der Waals surface area contributed by atoms with Gasteiger partial charge in [0, 0.05) is 6.42 Å². The van der Waals surface area contributed by atoms with Crippen LogP contribution in [0.2, 0.25) is 0 Å². The summed E-state index contributed by atoms with van der Waals surface area (Å²) in [7, 11) is 0. The first-order valence-electron chi connectivity index (χ1n) is 48.8. The smallest absolute Gasteiger partial charge is 0.338 e. The summed E-state index contributed by atoms with van der Waals surface area (Å²) < 4.78 is 99.9. The van der Waals surface area contributed by atoms with Gasteiger partial charge in [-0.2, -0.15) is 0 Å². The van der Waals surface area contributed by atoms with Crippen LogP contribution in [0.25, 0.3) is 0 Å². The molecule has 0 bridgehead atoms. The molecule has 740 valence electrons. The summed E-state index contributed by atoms with van der Waals surface area (Å²) in [6.45, 7) is 15.6. The minimum Gasteiger partial charge on any atom is -0.459 e. The average molecular weight is 1930 g/mol. The largest absolute Gasteiger partial charge is 0.459 e. The van der Waals surface area contributed by atoms with Gasteiger partial charge in [0.15, 0.2) is 55.1 Å². The van der Waals surface area contributed by atoms with E-state index in [1.165, 1.54) is 91.9 Å². The third-order valence-electron chi connectivity index (χ3n) is 31.2. The van der Waals surface area contributed by atoms with E-state index in [-0.39, 0.29) is 104 Å². The molecule has 17 rings (SSSR count). The van der Waals surface area contributed by atoms with Crippen molar-refractivity contribution in [2.45, 2.75) is 218 Å². The number of ketones is 1. The van der Waals surface area contributed by atoms with Crippen LogP contribution in [0.4, 0.5) is 0 Å². The Balaban J connectivity index is 0.733. The molecule has 0 unspecified atom stereocenters. The maximum absolute atomic E-state index is 17.2. The molecule has 27 heteroatoms. The molecule has 3 heterocycles. The normalized spacial score (nSPS) is 29.8. The topological polar surface area (TPSA) is 343 Å². The van der Waals surface area contributed by atoms with Crippen molar-refractivity contribution in [1.82, 2.24) is 0 Å². The quantitative estimate of drug-likeness (QED) is 0.0239. The number of hydrogen-bond acceptors (Lipinski definition) is 27. The van der Waals surface area contributed by atoms with Crippen molar-refractivity contribution < 1.29 is 129 Å². The molecule has 9 aromatic carbocycles. The number of benzene rings is 9. The van der Waals surface area contributed by atoms with Crippen LogP contribution in [0.15, 0.2) is 285 Å². The van der Waals surface area contributed by atoms with Crippen LogP contribution >= 0.6 is 0 Å². The summed E-state index contributed by atoms with van der Waals surface area (Å²) >= 11 is 0. The third-order valence-corrected chi connectivity index (χ3v) is 31.2. The van der Waals surface area contributed by atoms with Crippen LogP contribution in [-0.2, 0) is 85.4 Å². The van der Waals surface area contributed by atoms with Gasteiger partial charge in [-0.25, -0.2) is 43.2 Å². The molecule has 27 nitrogen and oxygen atoms in total. The summed E-state index contributed by atoms with van der Waals surface area (Å²) in [4.78, 5) is 178. The molecule has 0 amide bonds. The van der Waals surface area contributed by atoms with Gasteiger partial charge in [-0.3, -0.25) is 9.59 Å². The van der Waals surface area contributed by atoms with Crippen LogP contribution in [0.1, 0.15) is 226 Å². The fourth-order valence-corrected chi connectivity index (χ4v) is 23.7. The fraction of sp³-hybridized carbons (Fsp3) is 0.409. The first kappa shape index (κ1) is 99.9. The van der Waals surface area contributed by atoms with Gasteiger partial charge in [0.25, 0.3) is 0 Å². The Hall–Kier alpha value is -13.6. The maximum atomic E-state index is 17.2. The zero-order chi connectivity index (χ0) is 99.8. The molecule has 142 heavy (non-hydrogen) atoms. The predicted octanol–water partition coefficient (Wildman–Crippen LogP) is 18.8. The predicted molar refractivity (Wildman–Crippen MR) is 513 cm³/mol. The van der Waals surface area contributed by atoms with E-state index < -0.39 is 192 Å². The van der Waals surface area contributed by atoms with E-state index >= 15 is 24.0 Å². The molecule has 22 atom stereocenters. The molecule has 8 aliphatic rings. The number of fused-ring (bicyclic) bond motifs is 7. The van der Waals surface area contributed by atoms with Crippen molar-refractivity contribution >= 4 is 71.4 Å². The van der Waals surface area contributed by atoms with Gasteiger partial charge in [-0.15, -0.1) is 0 Å². The van der Waals surface area contributed by atoms with E-state index in [1.807, 2.05) is 0 Å². The van der Waals surface area contributed by atoms with Crippen molar-refractivity contribution in [3.8, 4) is 0 Å². The van der Waals surface area contributed by atoms with E-state index in [4.69, 9.17) is 71.1 Å². The second-order valence-electron chi connectivity index (χ2n) is 40.5. The minimum atomic E-state index is -2.10. The zero-order valence-electron chi connectivity index (χ0n) is 80.6. The number of carbonyl (C=O) groups excluding carboxylic acids is 12. The Morgan fingerprint density at radius 1 is 0.345 bits per heavy atom. The van der Waals surface area contributed by atoms with E-state index in [1.54, 1.807) is 188 Å². The summed E-state index contributed by atoms with van der Waals surface area (Å²) in [5.74, 6) is -10.8. The first-order chi connectivity index (χ1) is 68.3. The highest BCUT2D eigenvalue weighted by atomic mass is 16.8. The summed E-state index contributed by atoms with van der Waals surface area (Å²) in [6, 6.07) is 71.6. The summed E-state index contributed by atoms with van der Waals surface area (Å²) in [6.07, 6.45) is -16.7. The second-order valence-corrected chi connectivity index (χ2v) is 40.5. The maximum Gasteiger partial charge on any atom is 0.338 e. The molecule has 3 aliphatic heterocycles. The third kappa shape index (κ3) is 21.0. The van der Waals surface area contributed by atoms with Gasteiger partial charge in [-0.05, 0) is 231 Å². The monoisotopic (exact) mass is 1930 g/mol.